The van der Waals surface area contributed by atoms with Gasteiger partial charge in [-0.3, -0.25) is 0 Å². The molecule has 21 heavy (non-hydrogen) atoms. The molecule has 0 fully saturated rings. The molecule has 2 atom stereocenters. The van der Waals surface area contributed by atoms with E-state index in [2.05, 4.69) is 30.3 Å². The van der Waals surface area contributed by atoms with Crippen molar-refractivity contribution in [2.24, 2.45) is 5.73 Å². The van der Waals surface area contributed by atoms with Gasteiger partial charge in [0.25, 0.3) is 0 Å². The predicted molar refractivity (Wildman–Crippen MR) is 83.5 cm³/mol. The highest BCUT2D eigenvalue weighted by atomic mass is 16.5. The zero-order chi connectivity index (χ0) is 14.7. The molecule has 3 rings (SSSR count). The minimum atomic E-state index is -0.0469. The zero-order valence-corrected chi connectivity index (χ0v) is 12.3. The van der Waals surface area contributed by atoms with Crippen molar-refractivity contribution >= 4 is 0 Å². The molecule has 0 aliphatic heterocycles. The fourth-order valence-corrected chi connectivity index (χ4v) is 2.83. The molecule has 1 aliphatic carbocycles. The van der Waals surface area contributed by atoms with Gasteiger partial charge in [0.2, 0.25) is 0 Å². The van der Waals surface area contributed by atoms with Crippen LogP contribution in [-0.4, -0.2) is 19.8 Å². The molecule has 2 aromatic carbocycles. The Morgan fingerprint density at radius 3 is 2.57 bits per heavy atom. The Bertz CT molecular complexity index is 594. The number of ether oxygens (including phenoxy) is 2. The van der Waals surface area contributed by atoms with Crippen LogP contribution in [0.3, 0.4) is 0 Å². The summed E-state index contributed by atoms with van der Waals surface area (Å²) in [7, 11) is 1.72. The second kappa shape index (κ2) is 6.29. The van der Waals surface area contributed by atoms with Crippen molar-refractivity contribution < 1.29 is 9.47 Å². The summed E-state index contributed by atoms with van der Waals surface area (Å²) in [6, 6.07) is 16.5. The third-order valence-corrected chi connectivity index (χ3v) is 4.04. The van der Waals surface area contributed by atoms with Crippen LogP contribution in [0.5, 0.6) is 5.75 Å². The van der Waals surface area contributed by atoms with E-state index in [4.69, 9.17) is 15.2 Å². The van der Waals surface area contributed by atoms with Crippen LogP contribution in [0.1, 0.15) is 22.7 Å². The number of nitrogens with two attached hydrogens (primary N) is 1. The third kappa shape index (κ3) is 3.09. The number of hydrogen-bond donors (Lipinski definition) is 1. The number of benzene rings is 2. The molecule has 0 bridgehead atoms. The van der Waals surface area contributed by atoms with Crippen molar-refractivity contribution in [3.8, 4) is 5.75 Å². The van der Waals surface area contributed by atoms with E-state index in [-0.39, 0.29) is 12.1 Å². The second-order valence-electron chi connectivity index (χ2n) is 5.47. The molecule has 0 radical (unpaired) electrons. The van der Waals surface area contributed by atoms with Crippen molar-refractivity contribution in [1.82, 2.24) is 0 Å². The summed E-state index contributed by atoms with van der Waals surface area (Å²) in [5.74, 6) is 0.879. The van der Waals surface area contributed by atoms with Gasteiger partial charge in [-0.15, -0.1) is 0 Å². The highest BCUT2D eigenvalue weighted by Crippen LogP contribution is 2.32. The van der Waals surface area contributed by atoms with Gasteiger partial charge in [0.15, 0.2) is 0 Å². The van der Waals surface area contributed by atoms with E-state index in [1.807, 2.05) is 18.2 Å². The van der Waals surface area contributed by atoms with Crippen molar-refractivity contribution in [2.45, 2.75) is 25.0 Å². The van der Waals surface area contributed by atoms with Gasteiger partial charge in [-0.05, 0) is 35.2 Å². The van der Waals surface area contributed by atoms with Gasteiger partial charge in [0.05, 0.1) is 12.6 Å². The molecule has 2 unspecified atom stereocenters. The Morgan fingerprint density at radius 1 is 1.10 bits per heavy atom. The molecule has 3 nitrogen and oxygen atoms in total. The largest absolute Gasteiger partial charge is 0.488 e. The summed E-state index contributed by atoms with van der Waals surface area (Å²) in [6.45, 7) is 0.739. The fraction of sp³-hybridized carbons (Fsp3) is 0.333. The van der Waals surface area contributed by atoms with E-state index in [1.54, 1.807) is 7.11 Å². The zero-order valence-electron chi connectivity index (χ0n) is 12.3. The molecule has 110 valence electrons. The van der Waals surface area contributed by atoms with Crippen molar-refractivity contribution in [1.29, 1.82) is 0 Å². The lowest BCUT2D eigenvalue weighted by molar-refractivity contribution is 0.185. The van der Waals surface area contributed by atoms with E-state index < -0.39 is 0 Å². The van der Waals surface area contributed by atoms with E-state index in [9.17, 15) is 0 Å². The van der Waals surface area contributed by atoms with Crippen LogP contribution < -0.4 is 10.5 Å². The van der Waals surface area contributed by atoms with Gasteiger partial charge in [0.1, 0.15) is 11.9 Å². The van der Waals surface area contributed by atoms with Crippen molar-refractivity contribution in [3.05, 3.63) is 65.2 Å². The van der Waals surface area contributed by atoms with Gasteiger partial charge in [-0.2, -0.15) is 0 Å². The Morgan fingerprint density at radius 2 is 1.86 bits per heavy atom. The minimum absolute atomic E-state index is 0.0206. The minimum Gasteiger partial charge on any atom is -0.488 e. The van der Waals surface area contributed by atoms with Gasteiger partial charge >= 0.3 is 0 Å². The van der Waals surface area contributed by atoms with Crippen LogP contribution in [0, 0.1) is 0 Å². The molecule has 3 heteroatoms. The van der Waals surface area contributed by atoms with Gasteiger partial charge in [-0.25, -0.2) is 0 Å². The first-order chi connectivity index (χ1) is 10.3. The maximum absolute atomic E-state index is 6.29. The fourth-order valence-electron chi connectivity index (χ4n) is 2.83. The second-order valence-corrected chi connectivity index (χ2v) is 5.47. The summed E-state index contributed by atoms with van der Waals surface area (Å²) < 4.78 is 11.2. The van der Waals surface area contributed by atoms with Crippen LogP contribution in [-0.2, 0) is 17.6 Å². The Hall–Kier alpha value is -1.84. The lowest BCUT2D eigenvalue weighted by atomic mass is 10.1. The molecule has 0 saturated carbocycles. The number of fused-ring (bicyclic) bond motifs is 1. The lowest BCUT2D eigenvalue weighted by Crippen LogP contribution is -2.27. The molecule has 0 heterocycles. The molecule has 0 amide bonds. The molecule has 1 aliphatic rings. The van der Waals surface area contributed by atoms with Gasteiger partial charge < -0.3 is 15.2 Å². The third-order valence-electron chi connectivity index (χ3n) is 4.04. The maximum Gasteiger partial charge on any atom is 0.122 e. The van der Waals surface area contributed by atoms with E-state index in [1.165, 1.54) is 16.7 Å². The van der Waals surface area contributed by atoms with Crippen LogP contribution >= 0.6 is 0 Å². The monoisotopic (exact) mass is 283 g/mol. The van der Waals surface area contributed by atoms with Crippen molar-refractivity contribution in [3.63, 3.8) is 0 Å². The molecule has 2 aromatic rings. The topological polar surface area (TPSA) is 44.5 Å². The van der Waals surface area contributed by atoms with Gasteiger partial charge in [-0.1, -0.05) is 36.4 Å². The molecule has 0 spiro atoms. The smallest absolute Gasteiger partial charge is 0.122 e. The van der Waals surface area contributed by atoms with E-state index in [0.29, 0.717) is 0 Å². The molecule has 2 N–H and O–H groups in total. The molecular formula is C18H21NO2. The first-order valence-corrected chi connectivity index (χ1v) is 7.36. The Kier molecular flexibility index (Phi) is 4.23. The SMILES string of the molecule is COCCc1ccc(OC2Cc3ccccc3C2N)cc1. The summed E-state index contributed by atoms with van der Waals surface area (Å²) in [4.78, 5) is 0. The lowest BCUT2D eigenvalue weighted by Gasteiger charge is -2.18. The molecule has 0 saturated heterocycles. The van der Waals surface area contributed by atoms with Crippen LogP contribution in [0.25, 0.3) is 0 Å². The van der Waals surface area contributed by atoms with E-state index in [0.717, 1.165) is 25.2 Å². The predicted octanol–water partition coefficient (Wildman–Crippen LogP) is 2.88. The number of methoxy groups -OCH3 is 1. The molecule has 0 aromatic heterocycles. The highest BCUT2D eigenvalue weighted by Gasteiger charge is 2.30. The average molecular weight is 283 g/mol. The molecular weight excluding hydrogens is 262 g/mol. The maximum atomic E-state index is 6.29. The summed E-state index contributed by atoms with van der Waals surface area (Å²) in [5, 5.41) is 0. The quantitative estimate of drug-likeness (QED) is 0.917. The first-order valence-electron chi connectivity index (χ1n) is 7.36. The number of rotatable bonds is 5. The Balaban J connectivity index is 1.65. The number of hydrogen-bond acceptors (Lipinski definition) is 3. The van der Waals surface area contributed by atoms with E-state index >= 15 is 0 Å². The van der Waals surface area contributed by atoms with Crippen LogP contribution in [0.4, 0.5) is 0 Å². The summed E-state index contributed by atoms with van der Waals surface area (Å²) >= 11 is 0. The standard InChI is InChI=1S/C18H21NO2/c1-20-11-10-13-6-8-15(9-7-13)21-17-12-14-4-2-3-5-16(14)18(17)19/h2-9,17-18H,10-12,19H2,1H3. The highest BCUT2D eigenvalue weighted by molar-refractivity contribution is 5.37. The summed E-state index contributed by atoms with van der Waals surface area (Å²) in [5.41, 5.74) is 10.1. The Labute approximate surface area is 125 Å². The van der Waals surface area contributed by atoms with Crippen molar-refractivity contribution in [2.75, 3.05) is 13.7 Å². The van der Waals surface area contributed by atoms with Crippen LogP contribution in [0.15, 0.2) is 48.5 Å². The summed E-state index contributed by atoms with van der Waals surface area (Å²) in [6.07, 6.45) is 1.82. The van der Waals surface area contributed by atoms with Crippen LogP contribution in [0.2, 0.25) is 0 Å². The average Bonchev–Trinajstić information content (AvgIpc) is 2.83. The first kappa shape index (κ1) is 14.1. The van der Waals surface area contributed by atoms with Gasteiger partial charge in [0, 0.05) is 13.5 Å². The normalized spacial score (nSPS) is 20.3.